The number of pyridine rings is 3. The molecule has 468 valence electrons. The Hall–Kier alpha value is -10.3. The molecule has 92 heavy (non-hydrogen) atoms. The van der Waals surface area contributed by atoms with E-state index in [-0.39, 0.29) is 78.4 Å². The Morgan fingerprint density at radius 2 is 1.07 bits per heavy atom. The first-order chi connectivity index (χ1) is 44.0. The van der Waals surface area contributed by atoms with Crippen LogP contribution in [0.4, 0.5) is 8.78 Å². The van der Waals surface area contributed by atoms with Crippen LogP contribution in [0.2, 0.25) is 0 Å². The lowest BCUT2D eigenvalue weighted by atomic mass is 10.0. The summed E-state index contributed by atoms with van der Waals surface area (Å²) in [6.45, 7) is 6.36. The predicted molar refractivity (Wildman–Crippen MR) is 344 cm³/mol. The number of nitrogens with one attached hydrogen (secondary N) is 4. The third-order valence-corrected chi connectivity index (χ3v) is 20.8. The second-order valence-corrected chi connectivity index (χ2v) is 28.1. The van der Waals surface area contributed by atoms with Gasteiger partial charge in [0.15, 0.2) is 11.3 Å². The van der Waals surface area contributed by atoms with Gasteiger partial charge in [0, 0.05) is 66.9 Å². The molecule has 12 rings (SSSR count). The van der Waals surface area contributed by atoms with Gasteiger partial charge in [0.05, 0.1) is 47.4 Å². The van der Waals surface area contributed by atoms with Crippen LogP contribution in [-0.4, -0.2) is 70.0 Å². The van der Waals surface area contributed by atoms with Crippen molar-refractivity contribution in [2.75, 3.05) is 7.11 Å². The molecule has 0 atom stereocenters. The monoisotopic (exact) mass is 1310 g/mol. The Bertz CT molecular complexity index is 4920. The lowest BCUT2D eigenvalue weighted by Gasteiger charge is -2.14. The summed E-state index contributed by atoms with van der Waals surface area (Å²) in [6.07, 6.45) is 9.89. The molecule has 18 nitrogen and oxygen atoms in total. The number of ether oxygens (including phenoxy) is 1. The van der Waals surface area contributed by atoms with Crippen LogP contribution >= 0.6 is 11.3 Å². The van der Waals surface area contributed by atoms with E-state index in [4.69, 9.17) is 9.15 Å². The van der Waals surface area contributed by atoms with Gasteiger partial charge >= 0.3 is 0 Å². The normalized spacial score (nSPS) is 11.6. The first kappa shape index (κ1) is 64.7. The average molecular weight is 1310 g/mol. The van der Waals surface area contributed by atoms with E-state index < -0.39 is 41.1 Å². The third-order valence-electron chi connectivity index (χ3n) is 14.4. The molecule has 12 aromatic rings. The summed E-state index contributed by atoms with van der Waals surface area (Å²) >= 11 is 1.36. The van der Waals surface area contributed by atoms with E-state index in [0.29, 0.717) is 27.5 Å². The van der Waals surface area contributed by atoms with Gasteiger partial charge in [-0.1, -0.05) is 56.3 Å². The highest BCUT2D eigenvalue weighted by Gasteiger charge is 2.25. The Kier molecular flexibility index (Phi) is 19.6. The maximum Gasteiger partial charge on any atom is 0.287 e. The average Bonchev–Trinajstić information content (AvgIpc) is 1.53. The van der Waals surface area contributed by atoms with Gasteiger partial charge in [0.25, 0.3) is 17.7 Å². The fourth-order valence-corrected chi connectivity index (χ4v) is 14.4. The molecule has 3 amide bonds. The number of aromatic nitrogens is 4. The van der Waals surface area contributed by atoms with Gasteiger partial charge < -0.3 is 30.1 Å². The number of halogens is 2. The van der Waals surface area contributed by atoms with Crippen LogP contribution < -0.4 is 20.7 Å². The molecule has 4 N–H and O–H groups in total. The van der Waals surface area contributed by atoms with Crippen molar-refractivity contribution in [2.24, 2.45) is 0 Å². The lowest BCUT2D eigenvalue weighted by molar-refractivity contribution is 0.0922. The molecule has 0 aliphatic rings. The second kappa shape index (κ2) is 27.9. The Morgan fingerprint density at radius 3 is 1.63 bits per heavy atom. The SMILES string of the molecule is COc1ccc(C(C)C)cc1S(=O)(=O)c1ccc(CNC(=O)c2cc3ccncc3o2)cc1.Cc1cc(F)cc(S(=O)(=O)c2ccc(CNC(=O)c3cc4ccncc4s3)cc2)c1.O=C(NCc1ccc(S(=O)(=O)c2ccc(F)cc2)cc1)c1cc2cnccc2[nH]1. The summed E-state index contributed by atoms with van der Waals surface area (Å²) in [5.74, 6) is -1.26. The summed E-state index contributed by atoms with van der Waals surface area (Å²) in [6, 6.07) is 43.0. The molecule has 0 aliphatic carbocycles. The van der Waals surface area contributed by atoms with Crippen LogP contribution in [-0.2, 0) is 49.1 Å². The highest BCUT2D eigenvalue weighted by Crippen LogP contribution is 2.33. The Balaban J connectivity index is 0.000000152. The zero-order valence-corrected chi connectivity index (χ0v) is 52.8. The summed E-state index contributed by atoms with van der Waals surface area (Å²) in [5.41, 5.74) is 5.47. The third kappa shape index (κ3) is 15.1. The molecule has 6 aromatic heterocycles. The maximum absolute atomic E-state index is 13.6. The molecule has 0 radical (unpaired) electrons. The smallest absolute Gasteiger partial charge is 0.287 e. The van der Waals surface area contributed by atoms with Gasteiger partial charge in [0.2, 0.25) is 29.5 Å². The predicted octanol–water partition coefficient (Wildman–Crippen LogP) is 12.7. The van der Waals surface area contributed by atoms with Crippen LogP contribution in [0.5, 0.6) is 5.75 Å². The van der Waals surface area contributed by atoms with Crippen molar-refractivity contribution in [3.05, 3.63) is 263 Å². The number of furan rings is 1. The van der Waals surface area contributed by atoms with Crippen LogP contribution in [0.25, 0.3) is 32.0 Å². The van der Waals surface area contributed by atoms with Crippen LogP contribution in [0, 0.1) is 18.6 Å². The number of H-pyrrole nitrogens is 1. The number of aryl methyl sites for hydroxylation is 1. The van der Waals surface area contributed by atoms with Crippen molar-refractivity contribution < 1.29 is 57.6 Å². The van der Waals surface area contributed by atoms with Gasteiger partial charge in [-0.05, 0) is 173 Å². The van der Waals surface area contributed by atoms with Gasteiger partial charge in [-0.3, -0.25) is 29.3 Å². The van der Waals surface area contributed by atoms with Gasteiger partial charge in [-0.15, -0.1) is 11.3 Å². The van der Waals surface area contributed by atoms with Gasteiger partial charge in [-0.25, -0.2) is 34.0 Å². The van der Waals surface area contributed by atoms with E-state index in [2.05, 4.69) is 35.9 Å². The fourth-order valence-electron chi connectivity index (χ4n) is 9.40. The summed E-state index contributed by atoms with van der Waals surface area (Å²) in [5, 5.41) is 11.0. The van der Waals surface area contributed by atoms with Crippen molar-refractivity contribution in [2.45, 2.75) is 75.7 Å². The van der Waals surface area contributed by atoms with Crippen molar-refractivity contribution in [3.8, 4) is 5.75 Å². The lowest BCUT2D eigenvalue weighted by Crippen LogP contribution is -2.23. The largest absolute Gasteiger partial charge is 0.495 e. The number of methoxy groups -OCH3 is 1. The number of sulfone groups is 3. The van der Waals surface area contributed by atoms with Crippen LogP contribution in [0.1, 0.15) is 78.3 Å². The number of hydrogen-bond donors (Lipinski definition) is 4. The number of carbonyl (C=O) groups excluding carboxylic acids is 3. The number of nitrogens with zero attached hydrogens (tertiary/aromatic N) is 3. The van der Waals surface area contributed by atoms with E-state index >= 15 is 0 Å². The molecule has 0 spiro atoms. The number of aromatic amines is 1. The zero-order valence-electron chi connectivity index (χ0n) is 49.5. The standard InChI is InChI=1S/C25H24N2O5S.C22H17FN2O3S2.C21H16FN3O3S/c1-16(2)18-6-9-21(31-3)24(13-18)33(29,30)20-7-4-17(5-8-20)14-27-25(28)22-12-19-10-11-26-15-23(19)32-22;1-14-8-17(23)11-19(9-14)30(27,28)18-4-2-15(3-5-18)12-25-22(26)20-10-16-6-7-24-13-21(16)29-20;22-16-3-7-18(8-4-16)29(27,28)17-5-1-14(2-6-17)12-24-21(26)20-11-15-13-23-10-9-19(15)25-20/h4-13,15-16H,14H2,1-3H3,(H,27,28);2-11,13H,12H2,1H3,(H,25,26);1-11,13,25H,12H2,(H,24,26). The van der Waals surface area contributed by atoms with E-state index in [1.165, 1.54) is 79.1 Å². The van der Waals surface area contributed by atoms with Crippen LogP contribution in [0.3, 0.4) is 0 Å². The van der Waals surface area contributed by atoms with Gasteiger partial charge in [-0.2, -0.15) is 0 Å². The summed E-state index contributed by atoms with van der Waals surface area (Å²) in [4.78, 5) is 53.2. The molecule has 0 saturated heterocycles. The number of carbonyl (C=O) groups is 3. The van der Waals surface area contributed by atoms with Crippen molar-refractivity contribution >= 4 is 90.5 Å². The minimum absolute atomic E-state index is 0.0215. The minimum atomic E-state index is -3.82. The number of benzene rings is 6. The van der Waals surface area contributed by atoms with Crippen molar-refractivity contribution in [1.82, 2.24) is 35.9 Å². The van der Waals surface area contributed by atoms with E-state index in [1.54, 1.807) is 117 Å². The number of rotatable bonds is 17. The molecule has 6 heterocycles. The fraction of sp³-hybridized carbons (Fsp3) is 0.118. The number of thiophene rings is 1. The van der Waals surface area contributed by atoms with Crippen LogP contribution in [0.15, 0.2) is 241 Å². The molecule has 6 aromatic carbocycles. The molecule has 0 bridgehead atoms. The summed E-state index contributed by atoms with van der Waals surface area (Å²) in [7, 11) is -9.87. The van der Waals surface area contributed by atoms with Crippen molar-refractivity contribution in [1.29, 1.82) is 0 Å². The van der Waals surface area contributed by atoms with E-state index in [0.717, 1.165) is 66.8 Å². The van der Waals surface area contributed by atoms with E-state index in [1.807, 2.05) is 32.0 Å². The topological polar surface area (TPSA) is 267 Å². The number of fused-ring (bicyclic) bond motifs is 3. The Labute approximate surface area is 532 Å². The summed E-state index contributed by atoms with van der Waals surface area (Å²) < 4.78 is 116. The highest BCUT2D eigenvalue weighted by molar-refractivity contribution is 7.92. The molecule has 24 heteroatoms. The minimum Gasteiger partial charge on any atom is -0.495 e. The first-order valence-corrected chi connectivity index (χ1v) is 33.5. The Morgan fingerprint density at radius 1 is 0.533 bits per heavy atom. The number of amides is 3. The molecular weight excluding hydrogens is 1260 g/mol. The zero-order chi connectivity index (χ0) is 65.3. The number of hydrogen-bond acceptors (Lipinski definition) is 15. The van der Waals surface area contributed by atoms with Crippen molar-refractivity contribution in [3.63, 3.8) is 0 Å². The molecule has 0 aliphatic heterocycles. The second-order valence-electron chi connectivity index (χ2n) is 21.2. The highest BCUT2D eigenvalue weighted by atomic mass is 32.2. The van der Waals surface area contributed by atoms with E-state index in [9.17, 15) is 48.4 Å². The first-order valence-electron chi connectivity index (χ1n) is 28.2. The maximum atomic E-state index is 13.6. The molecular formula is C68H57F2N7O11S4. The molecule has 0 fully saturated rings. The molecule has 0 saturated carbocycles. The quantitative estimate of drug-likeness (QED) is 0.0618. The molecule has 0 unspecified atom stereocenters. The van der Waals surface area contributed by atoms with Gasteiger partial charge in [0.1, 0.15) is 28.0 Å².